The summed E-state index contributed by atoms with van der Waals surface area (Å²) in [5, 5.41) is 16.6. The zero-order chi connectivity index (χ0) is 20.2. The van der Waals surface area contributed by atoms with Crippen molar-refractivity contribution < 1.29 is 14.7 Å². The Morgan fingerprint density at radius 2 is 1.74 bits per heavy atom. The van der Waals surface area contributed by atoms with E-state index in [1.54, 1.807) is 16.8 Å². The summed E-state index contributed by atoms with van der Waals surface area (Å²) < 4.78 is 1.80. The molecule has 2 aromatic rings. The van der Waals surface area contributed by atoms with E-state index in [2.05, 4.69) is 24.3 Å². The largest absolute Gasteiger partial charge is 0.481 e. The van der Waals surface area contributed by atoms with Crippen molar-refractivity contribution in [3.63, 3.8) is 0 Å². The average molecular weight is 371 g/mol. The van der Waals surface area contributed by atoms with Crippen LogP contribution in [0.1, 0.15) is 67.3 Å². The van der Waals surface area contributed by atoms with Crippen molar-refractivity contribution >= 4 is 11.9 Å². The fraction of sp³-hybridized carbons (Fsp3) is 0.476. The van der Waals surface area contributed by atoms with E-state index in [0.717, 1.165) is 35.5 Å². The molecule has 6 heteroatoms. The quantitative estimate of drug-likeness (QED) is 0.739. The van der Waals surface area contributed by atoms with Crippen LogP contribution in [0, 0.1) is 13.8 Å². The van der Waals surface area contributed by atoms with Crippen molar-refractivity contribution in [1.29, 1.82) is 0 Å². The number of carbonyl (C=O) groups excluding carboxylic acids is 1. The van der Waals surface area contributed by atoms with Gasteiger partial charge in [0.25, 0.3) is 5.91 Å². The number of rotatable bonds is 8. The first-order chi connectivity index (χ1) is 12.7. The summed E-state index contributed by atoms with van der Waals surface area (Å²) in [4.78, 5) is 23.4. The van der Waals surface area contributed by atoms with Crippen LogP contribution in [-0.4, -0.2) is 32.3 Å². The number of carboxylic acids is 1. The number of carbonyl (C=O) groups is 2. The third kappa shape index (κ3) is 4.76. The van der Waals surface area contributed by atoms with Gasteiger partial charge in [0.1, 0.15) is 0 Å². The van der Waals surface area contributed by atoms with Gasteiger partial charge in [0.2, 0.25) is 0 Å². The number of nitrogens with one attached hydrogen (secondary N) is 1. The van der Waals surface area contributed by atoms with Crippen LogP contribution in [0.3, 0.4) is 0 Å². The molecule has 0 bridgehead atoms. The Labute approximate surface area is 160 Å². The van der Waals surface area contributed by atoms with Gasteiger partial charge in [-0.1, -0.05) is 13.8 Å². The molecule has 0 radical (unpaired) electrons. The number of carboxylic acid groups (broad SMARTS) is 1. The summed E-state index contributed by atoms with van der Waals surface area (Å²) in [6.07, 6.45) is 2.29. The maximum atomic E-state index is 12.5. The van der Waals surface area contributed by atoms with Crippen molar-refractivity contribution in [3.8, 4) is 5.69 Å². The highest BCUT2D eigenvalue weighted by Crippen LogP contribution is 2.20. The smallest absolute Gasteiger partial charge is 0.303 e. The molecular formula is C21H29N3O3. The van der Waals surface area contributed by atoms with Gasteiger partial charge in [-0.2, -0.15) is 5.10 Å². The second-order valence-electron chi connectivity index (χ2n) is 7.22. The van der Waals surface area contributed by atoms with Gasteiger partial charge in [-0.15, -0.1) is 0 Å². The molecule has 1 aromatic heterocycles. The lowest BCUT2D eigenvalue weighted by atomic mass is 9.95. The lowest BCUT2D eigenvalue weighted by Crippen LogP contribution is -2.44. The van der Waals surface area contributed by atoms with Crippen molar-refractivity contribution in [2.45, 2.75) is 65.8 Å². The second kappa shape index (κ2) is 8.37. The van der Waals surface area contributed by atoms with E-state index >= 15 is 0 Å². The molecule has 1 amide bonds. The van der Waals surface area contributed by atoms with Crippen LogP contribution in [0.15, 0.2) is 24.3 Å². The molecule has 146 valence electrons. The van der Waals surface area contributed by atoms with Gasteiger partial charge in [0.15, 0.2) is 0 Å². The maximum absolute atomic E-state index is 12.5. The minimum atomic E-state index is -0.817. The standard InChI is InChI=1S/C21H29N3O3/c1-6-21(5,7-2)22-20(27)16-8-10-17(11-9-16)24-15(4)18(14(3)23-24)12-13-19(25)26/h8-11H,6-7,12-13H2,1-5H3,(H,22,27)(H,25,26). The Bertz CT molecular complexity index is 818. The second-order valence-corrected chi connectivity index (χ2v) is 7.22. The lowest BCUT2D eigenvalue weighted by Gasteiger charge is -2.28. The Hall–Kier alpha value is -2.63. The summed E-state index contributed by atoms with van der Waals surface area (Å²) in [7, 11) is 0. The van der Waals surface area contributed by atoms with Gasteiger partial charge in [-0.05, 0) is 69.9 Å². The lowest BCUT2D eigenvalue weighted by molar-refractivity contribution is -0.136. The van der Waals surface area contributed by atoms with Crippen molar-refractivity contribution in [2.75, 3.05) is 0 Å². The van der Waals surface area contributed by atoms with Crippen molar-refractivity contribution in [1.82, 2.24) is 15.1 Å². The minimum Gasteiger partial charge on any atom is -0.481 e. The third-order valence-corrected chi connectivity index (χ3v) is 5.38. The number of aryl methyl sites for hydroxylation is 1. The molecule has 2 N–H and O–H groups in total. The molecule has 0 aliphatic heterocycles. The number of hydrogen-bond acceptors (Lipinski definition) is 3. The predicted octanol–water partition coefficient (Wildman–Crippen LogP) is 3.81. The maximum Gasteiger partial charge on any atom is 0.303 e. The molecule has 0 saturated carbocycles. The van der Waals surface area contributed by atoms with Crippen LogP contribution in [0.5, 0.6) is 0 Å². The monoisotopic (exact) mass is 371 g/mol. The van der Waals surface area contributed by atoms with Crippen LogP contribution < -0.4 is 5.32 Å². The summed E-state index contributed by atoms with van der Waals surface area (Å²) in [5.74, 6) is -0.897. The van der Waals surface area contributed by atoms with E-state index in [1.165, 1.54) is 0 Å². The molecule has 0 saturated heterocycles. The molecule has 6 nitrogen and oxygen atoms in total. The Morgan fingerprint density at radius 3 is 2.26 bits per heavy atom. The Kier molecular flexibility index (Phi) is 6.41. The molecule has 0 atom stereocenters. The van der Waals surface area contributed by atoms with Crippen molar-refractivity contribution in [2.24, 2.45) is 0 Å². The first kappa shape index (κ1) is 20.7. The van der Waals surface area contributed by atoms with Gasteiger partial charge >= 0.3 is 5.97 Å². The predicted molar refractivity (Wildman–Crippen MR) is 105 cm³/mol. The fourth-order valence-electron chi connectivity index (χ4n) is 3.05. The molecule has 27 heavy (non-hydrogen) atoms. The van der Waals surface area contributed by atoms with E-state index in [-0.39, 0.29) is 17.9 Å². The van der Waals surface area contributed by atoms with Gasteiger partial charge in [-0.25, -0.2) is 4.68 Å². The highest BCUT2D eigenvalue weighted by Gasteiger charge is 2.22. The van der Waals surface area contributed by atoms with Gasteiger partial charge < -0.3 is 10.4 Å². The molecule has 0 aliphatic carbocycles. The molecule has 0 aliphatic rings. The van der Waals surface area contributed by atoms with Gasteiger partial charge in [-0.3, -0.25) is 9.59 Å². The number of aromatic nitrogens is 2. The van der Waals surface area contributed by atoms with E-state index in [0.29, 0.717) is 12.0 Å². The van der Waals surface area contributed by atoms with Crippen LogP contribution in [-0.2, 0) is 11.2 Å². The van der Waals surface area contributed by atoms with Crippen LogP contribution in [0.25, 0.3) is 5.69 Å². The first-order valence-corrected chi connectivity index (χ1v) is 9.40. The molecule has 1 heterocycles. The third-order valence-electron chi connectivity index (χ3n) is 5.38. The van der Waals surface area contributed by atoms with Gasteiger partial charge in [0.05, 0.1) is 11.4 Å². The normalized spacial score (nSPS) is 11.4. The summed E-state index contributed by atoms with van der Waals surface area (Å²) in [5.41, 5.74) is 3.97. The number of nitrogens with zero attached hydrogens (tertiary/aromatic N) is 2. The molecule has 0 unspecified atom stereocenters. The SMILES string of the molecule is CCC(C)(CC)NC(=O)c1ccc(-n2nc(C)c(CCC(=O)O)c2C)cc1. The Morgan fingerprint density at radius 1 is 1.15 bits per heavy atom. The molecule has 1 aromatic carbocycles. The topological polar surface area (TPSA) is 84.2 Å². The zero-order valence-corrected chi connectivity index (χ0v) is 16.8. The van der Waals surface area contributed by atoms with Crippen LogP contribution in [0.4, 0.5) is 0 Å². The van der Waals surface area contributed by atoms with E-state index in [9.17, 15) is 9.59 Å². The van der Waals surface area contributed by atoms with Crippen LogP contribution in [0.2, 0.25) is 0 Å². The highest BCUT2D eigenvalue weighted by atomic mass is 16.4. The van der Waals surface area contributed by atoms with Crippen molar-refractivity contribution in [3.05, 3.63) is 46.8 Å². The number of amides is 1. The molecule has 0 spiro atoms. The zero-order valence-electron chi connectivity index (χ0n) is 16.8. The van der Waals surface area contributed by atoms with E-state index < -0.39 is 5.97 Å². The highest BCUT2D eigenvalue weighted by molar-refractivity contribution is 5.94. The average Bonchev–Trinajstić information content (AvgIpc) is 2.93. The minimum absolute atomic E-state index is 0.0803. The number of aliphatic carboxylic acids is 1. The van der Waals surface area contributed by atoms with E-state index in [4.69, 9.17) is 5.11 Å². The van der Waals surface area contributed by atoms with Crippen LogP contribution >= 0.6 is 0 Å². The summed E-state index contributed by atoms with van der Waals surface area (Å²) in [6.45, 7) is 10.0. The molecular weight excluding hydrogens is 342 g/mol. The molecule has 2 rings (SSSR count). The fourth-order valence-corrected chi connectivity index (χ4v) is 3.05. The number of benzene rings is 1. The van der Waals surface area contributed by atoms with Gasteiger partial charge in [0, 0.05) is 23.2 Å². The van der Waals surface area contributed by atoms with E-state index in [1.807, 2.05) is 32.9 Å². The first-order valence-electron chi connectivity index (χ1n) is 9.40. The Balaban J connectivity index is 2.21. The summed E-state index contributed by atoms with van der Waals surface area (Å²) in [6, 6.07) is 7.32. The molecule has 0 fully saturated rings. The number of hydrogen-bond donors (Lipinski definition) is 2. The summed E-state index contributed by atoms with van der Waals surface area (Å²) >= 11 is 0.